The molecule has 1 aromatic carbocycles. The molecule has 0 spiro atoms. The molecule has 2 aliphatic rings. The predicted octanol–water partition coefficient (Wildman–Crippen LogP) is 3.06. The SMILES string of the molecule is Cc1ccnc(N2[C@H]3CC[C@H]2CC(N(C)C(=O)c2ccccc2)C3)n1. The Balaban J connectivity index is 1.51. The highest BCUT2D eigenvalue weighted by atomic mass is 16.2. The molecule has 1 amide bonds. The standard InChI is InChI=1S/C20H24N4O/c1-14-10-11-21-20(22-14)24-16-8-9-17(24)13-18(12-16)23(2)19(25)15-6-4-3-5-7-15/h3-7,10-11,16-18H,8-9,12-13H2,1-2H3/t16-,17-/m0/s1. The second-order valence-corrected chi connectivity index (χ2v) is 7.20. The minimum atomic E-state index is 0.116. The molecule has 25 heavy (non-hydrogen) atoms. The van der Waals surface area contributed by atoms with Crippen molar-refractivity contribution in [2.45, 2.75) is 50.7 Å². The summed E-state index contributed by atoms with van der Waals surface area (Å²) in [6.07, 6.45) is 6.14. The van der Waals surface area contributed by atoms with Crippen LogP contribution in [0.2, 0.25) is 0 Å². The Kier molecular flexibility index (Phi) is 4.15. The molecule has 2 saturated heterocycles. The van der Waals surface area contributed by atoms with Crippen LogP contribution in [-0.2, 0) is 0 Å². The van der Waals surface area contributed by atoms with Crippen LogP contribution in [0, 0.1) is 6.92 Å². The predicted molar refractivity (Wildman–Crippen MR) is 97.6 cm³/mol. The molecule has 1 aromatic heterocycles. The van der Waals surface area contributed by atoms with E-state index in [2.05, 4.69) is 14.9 Å². The lowest BCUT2D eigenvalue weighted by atomic mass is 9.96. The van der Waals surface area contributed by atoms with Crippen LogP contribution in [0.15, 0.2) is 42.6 Å². The van der Waals surface area contributed by atoms with Gasteiger partial charge in [0.15, 0.2) is 0 Å². The van der Waals surface area contributed by atoms with Crippen molar-refractivity contribution < 1.29 is 4.79 Å². The number of carbonyl (C=O) groups excluding carboxylic acids is 1. The van der Waals surface area contributed by atoms with Gasteiger partial charge in [-0.25, -0.2) is 9.97 Å². The maximum Gasteiger partial charge on any atom is 0.253 e. The van der Waals surface area contributed by atoms with Gasteiger partial charge in [0.1, 0.15) is 0 Å². The second kappa shape index (κ2) is 6.47. The molecule has 5 nitrogen and oxygen atoms in total. The Hall–Kier alpha value is -2.43. The van der Waals surface area contributed by atoms with E-state index < -0.39 is 0 Å². The third kappa shape index (κ3) is 2.99. The Morgan fingerprint density at radius 1 is 1.12 bits per heavy atom. The molecule has 2 fully saturated rings. The Morgan fingerprint density at radius 3 is 2.44 bits per heavy atom. The quantitative estimate of drug-likeness (QED) is 0.864. The van der Waals surface area contributed by atoms with Crippen LogP contribution >= 0.6 is 0 Å². The van der Waals surface area contributed by atoms with Crippen LogP contribution in [0.4, 0.5) is 5.95 Å². The van der Waals surface area contributed by atoms with Crippen LogP contribution in [0.5, 0.6) is 0 Å². The second-order valence-electron chi connectivity index (χ2n) is 7.20. The van der Waals surface area contributed by atoms with Gasteiger partial charge >= 0.3 is 0 Å². The first-order valence-electron chi connectivity index (χ1n) is 9.03. The average molecular weight is 336 g/mol. The van der Waals surface area contributed by atoms with Crippen molar-refractivity contribution in [1.29, 1.82) is 0 Å². The summed E-state index contributed by atoms with van der Waals surface area (Å²) in [5.41, 5.74) is 1.77. The van der Waals surface area contributed by atoms with Gasteiger partial charge in [0.05, 0.1) is 0 Å². The molecule has 5 heteroatoms. The highest BCUT2D eigenvalue weighted by molar-refractivity contribution is 5.94. The summed E-state index contributed by atoms with van der Waals surface area (Å²) in [7, 11) is 1.94. The summed E-state index contributed by atoms with van der Waals surface area (Å²) in [5, 5.41) is 0. The smallest absolute Gasteiger partial charge is 0.253 e. The van der Waals surface area contributed by atoms with Crippen LogP contribution < -0.4 is 4.90 Å². The van der Waals surface area contributed by atoms with Gasteiger partial charge in [-0.15, -0.1) is 0 Å². The number of anilines is 1. The van der Waals surface area contributed by atoms with E-state index in [0.29, 0.717) is 12.1 Å². The number of rotatable bonds is 3. The molecule has 4 rings (SSSR count). The number of carbonyl (C=O) groups is 1. The van der Waals surface area contributed by atoms with Crippen molar-refractivity contribution in [2.75, 3.05) is 11.9 Å². The van der Waals surface area contributed by atoms with Crippen molar-refractivity contribution >= 4 is 11.9 Å². The zero-order chi connectivity index (χ0) is 17.4. The lowest BCUT2D eigenvalue weighted by Gasteiger charge is -2.42. The lowest BCUT2D eigenvalue weighted by molar-refractivity contribution is 0.0693. The van der Waals surface area contributed by atoms with Crippen LogP contribution in [0.1, 0.15) is 41.7 Å². The van der Waals surface area contributed by atoms with E-state index >= 15 is 0 Å². The first-order valence-corrected chi connectivity index (χ1v) is 9.03. The minimum Gasteiger partial charge on any atom is -0.339 e. The average Bonchev–Trinajstić information content (AvgIpc) is 2.91. The van der Waals surface area contributed by atoms with Crippen molar-refractivity contribution in [2.24, 2.45) is 0 Å². The van der Waals surface area contributed by atoms with E-state index in [1.54, 1.807) is 0 Å². The molecule has 3 heterocycles. The van der Waals surface area contributed by atoms with E-state index in [-0.39, 0.29) is 11.9 Å². The molecular weight excluding hydrogens is 312 g/mol. The highest BCUT2D eigenvalue weighted by Crippen LogP contribution is 2.39. The summed E-state index contributed by atoms with van der Waals surface area (Å²) in [6.45, 7) is 2.01. The fraction of sp³-hybridized carbons (Fsp3) is 0.450. The summed E-state index contributed by atoms with van der Waals surface area (Å²) in [6, 6.07) is 12.6. The van der Waals surface area contributed by atoms with Crippen molar-refractivity contribution in [3.8, 4) is 0 Å². The normalized spacial score (nSPS) is 25.0. The van der Waals surface area contributed by atoms with Crippen LogP contribution in [0.25, 0.3) is 0 Å². The summed E-state index contributed by atoms with van der Waals surface area (Å²) in [5.74, 6) is 0.966. The van der Waals surface area contributed by atoms with Gasteiger partial charge in [-0.1, -0.05) is 18.2 Å². The number of aryl methyl sites for hydroxylation is 1. The molecule has 2 atom stereocenters. The Morgan fingerprint density at radius 2 is 1.80 bits per heavy atom. The number of aromatic nitrogens is 2. The topological polar surface area (TPSA) is 49.3 Å². The zero-order valence-electron chi connectivity index (χ0n) is 14.8. The van der Waals surface area contributed by atoms with Crippen molar-refractivity contribution in [3.63, 3.8) is 0 Å². The van der Waals surface area contributed by atoms with Gasteiger partial charge in [0.25, 0.3) is 5.91 Å². The number of benzene rings is 1. The number of hydrogen-bond donors (Lipinski definition) is 0. The monoisotopic (exact) mass is 336 g/mol. The molecule has 0 radical (unpaired) electrons. The fourth-order valence-electron chi connectivity index (χ4n) is 4.30. The number of nitrogens with zero attached hydrogens (tertiary/aromatic N) is 4. The zero-order valence-corrected chi connectivity index (χ0v) is 14.8. The van der Waals surface area contributed by atoms with Crippen LogP contribution in [-0.4, -0.2) is 45.9 Å². The first-order chi connectivity index (χ1) is 12.1. The molecule has 130 valence electrons. The molecule has 2 aliphatic heterocycles. The maximum absolute atomic E-state index is 12.8. The number of hydrogen-bond acceptors (Lipinski definition) is 4. The molecule has 0 aliphatic carbocycles. The lowest BCUT2D eigenvalue weighted by Crippen LogP contribution is -2.51. The largest absolute Gasteiger partial charge is 0.339 e. The number of amides is 1. The van der Waals surface area contributed by atoms with Gasteiger partial charge < -0.3 is 9.80 Å². The Bertz CT molecular complexity index is 749. The number of piperidine rings is 1. The molecule has 0 N–H and O–H groups in total. The van der Waals surface area contributed by atoms with Gasteiger partial charge in [-0.3, -0.25) is 4.79 Å². The van der Waals surface area contributed by atoms with E-state index in [4.69, 9.17) is 0 Å². The molecule has 0 saturated carbocycles. The number of fused-ring (bicyclic) bond motifs is 2. The Labute approximate surface area is 148 Å². The third-order valence-electron chi connectivity index (χ3n) is 5.61. The molecular formula is C20H24N4O. The molecule has 2 aromatic rings. The minimum absolute atomic E-state index is 0.116. The highest BCUT2D eigenvalue weighted by Gasteiger charge is 2.43. The van der Waals surface area contributed by atoms with Gasteiger partial charge in [-0.2, -0.15) is 0 Å². The van der Waals surface area contributed by atoms with Crippen molar-refractivity contribution in [1.82, 2.24) is 14.9 Å². The summed E-state index contributed by atoms with van der Waals surface area (Å²) in [4.78, 5) is 26.2. The van der Waals surface area contributed by atoms with E-state index in [9.17, 15) is 4.79 Å². The van der Waals surface area contributed by atoms with E-state index in [0.717, 1.165) is 42.9 Å². The third-order valence-corrected chi connectivity index (χ3v) is 5.61. The molecule has 2 bridgehead atoms. The molecule has 0 unspecified atom stereocenters. The van der Waals surface area contributed by atoms with E-state index in [1.807, 2.05) is 61.5 Å². The maximum atomic E-state index is 12.8. The van der Waals surface area contributed by atoms with Crippen molar-refractivity contribution in [3.05, 3.63) is 53.9 Å². The first kappa shape index (κ1) is 16.1. The van der Waals surface area contributed by atoms with Crippen LogP contribution in [0.3, 0.4) is 0 Å². The summed E-state index contributed by atoms with van der Waals surface area (Å²) < 4.78 is 0. The van der Waals surface area contributed by atoms with Gasteiger partial charge in [0, 0.05) is 42.6 Å². The van der Waals surface area contributed by atoms with E-state index in [1.165, 1.54) is 0 Å². The summed E-state index contributed by atoms with van der Waals surface area (Å²) >= 11 is 0. The van der Waals surface area contributed by atoms with Gasteiger partial charge in [0.2, 0.25) is 5.95 Å². The fourth-order valence-corrected chi connectivity index (χ4v) is 4.30. The van der Waals surface area contributed by atoms with Gasteiger partial charge in [-0.05, 0) is 50.8 Å².